The van der Waals surface area contributed by atoms with Gasteiger partial charge >= 0.3 is 5.97 Å². The maximum Gasteiger partial charge on any atom is 0.303 e. The Morgan fingerprint density at radius 3 is 2.09 bits per heavy atom. The number of fused-ring (bicyclic) bond motifs is 1. The van der Waals surface area contributed by atoms with Gasteiger partial charge in [-0.15, -0.1) is 0 Å². The van der Waals surface area contributed by atoms with Crippen LogP contribution in [0.15, 0.2) is 60.8 Å². The Kier molecular flexibility index (Phi) is 13.5. The lowest BCUT2D eigenvalue weighted by atomic mass is 9.72. The van der Waals surface area contributed by atoms with Crippen LogP contribution < -0.4 is 14.8 Å². The van der Waals surface area contributed by atoms with Crippen molar-refractivity contribution in [1.82, 2.24) is 20.0 Å². The van der Waals surface area contributed by atoms with E-state index in [1.165, 1.54) is 4.90 Å². The van der Waals surface area contributed by atoms with E-state index >= 15 is 0 Å². The standard InChI is InChI=1S/C27H28N2O4.C13H22F4N2O/c1-4-20-13-14-29(28-20)17-18-15-24(32-2)27(25(16-18)33-3)23-10-6-8-21-19(11-12-26(30)31)7-5-9-22(21)23;1-4-18-10(20)13(12(3,16)17)5-7-19(8-6-13)9-11(2,14)15/h5-10,13-16H,4,11-12,17H2,1-3H3,(H,30,31);4-9H2,1-3H3,(H,18,20). The van der Waals surface area contributed by atoms with Crippen LogP contribution in [-0.4, -0.2) is 83.9 Å². The summed E-state index contributed by atoms with van der Waals surface area (Å²) in [5.41, 5.74) is 3.16. The van der Waals surface area contributed by atoms with Gasteiger partial charge in [0.05, 0.1) is 38.6 Å². The number of carbonyl (C=O) groups excluding carboxylic acids is 1. The fraction of sp³-hybridized carbons (Fsp3) is 0.475. The van der Waals surface area contributed by atoms with Gasteiger partial charge in [0.2, 0.25) is 5.91 Å². The van der Waals surface area contributed by atoms with Gasteiger partial charge in [-0.1, -0.05) is 43.3 Å². The van der Waals surface area contributed by atoms with Gasteiger partial charge in [0.1, 0.15) is 16.9 Å². The van der Waals surface area contributed by atoms with Crippen molar-refractivity contribution < 1.29 is 41.7 Å². The summed E-state index contributed by atoms with van der Waals surface area (Å²) in [5, 5.41) is 18.2. The third-order valence-electron chi connectivity index (χ3n) is 9.68. The number of hydrogen-bond donors (Lipinski definition) is 2. The predicted molar refractivity (Wildman–Crippen MR) is 197 cm³/mol. The molecule has 1 fully saturated rings. The van der Waals surface area contributed by atoms with Crippen molar-refractivity contribution in [1.29, 1.82) is 0 Å². The quantitative estimate of drug-likeness (QED) is 0.127. The van der Waals surface area contributed by atoms with E-state index in [1.807, 2.05) is 59.4 Å². The number of hydrogen-bond acceptors (Lipinski definition) is 6. The number of nitrogens with zero attached hydrogens (tertiary/aromatic N) is 3. The molecule has 0 spiro atoms. The van der Waals surface area contributed by atoms with E-state index in [9.17, 15) is 27.2 Å². The molecule has 1 aliphatic rings. The van der Waals surface area contributed by atoms with E-state index in [-0.39, 0.29) is 38.9 Å². The molecule has 0 bridgehead atoms. The van der Waals surface area contributed by atoms with Gasteiger partial charge in [-0.3, -0.25) is 19.2 Å². The third-order valence-corrected chi connectivity index (χ3v) is 9.68. The molecule has 13 heteroatoms. The maximum absolute atomic E-state index is 13.9. The first-order chi connectivity index (χ1) is 25.0. The summed E-state index contributed by atoms with van der Waals surface area (Å²) in [6, 6.07) is 18.2. The number of aryl methyl sites for hydroxylation is 2. The van der Waals surface area contributed by atoms with E-state index in [4.69, 9.17) is 14.6 Å². The number of aliphatic carboxylic acids is 1. The van der Waals surface area contributed by atoms with Crippen LogP contribution in [-0.2, 0) is 29.0 Å². The fourth-order valence-corrected chi connectivity index (χ4v) is 6.92. The number of ether oxygens (including phenoxy) is 2. The zero-order valence-electron chi connectivity index (χ0n) is 31.3. The minimum atomic E-state index is -3.17. The molecule has 1 aromatic heterocycles. The number of benzene rings is 3. The normalized spacial score (nSPS) is 14.7. The van der Waals surface area contributed by atoms with Gasteiger partial charge in [-0.05, 0) is 91.4 Å². The molecule has 1 saturated heterocycles. The SMILES string of the molecule is CCNC(=O)C1(C(C)(F)F)CCN(CC(C)(F)F)CC1.CCc1ccn(Cc2cc(OC)c(-c3cccc4c(CCC(=O)O)cccc34)c(OC)c2)n1. The summed E-state index contributed by atoms with van der Waals surface area (Å²) in [6.07, 6.45) is 3.23. The number of carboxylic acid groups (broad SMARTS) is 1. The highest BCUT2D eigenvalue weighted by Gasteiger charge is 2.56. The number of carbonyl (C=O) groups is 2. The van der Waals surface area contributed by atoms with Gasteiger partial charge in [0.25, 0.3) is 11.8 Å². The van der Waals surface area contributed by atoms with Crippen molar-refractivity contribution >= 4 is 22.6 Å². The molecule has 53 heavy (non-hydrogen) atoms. The molecule has 2 heterocycles. The third kappa shape index (κ3) is 10.1. The topological polar surface area (TPSA) is 106 Å². The molecule has 2 N–H and O–H groups in total. The summed E-state index contributed by atoms with van der Waals surface area (Å²) in [5.74, 6) is -6.08. The number of likely N-dealkylation sites (tertiary alicyclic amines) is 1. The van der Waals surface area contributed by atoms with Crippen molar-refractivity contribution in [3.05, 3.63) is 77.6 Å². The first-order valence-corrected chi connectivity index (χ1v) is 17.8. The number of amides is 1. The Labute approximate surface area is 308 Å². The largest absolute Gasteiger partial charge is 0.496 e. The van der Waals surface area contributed by atoms with E-state index in [0.29, 0.717) is 13.0 Å². The molecule has 288 valence electrons. The second kappa shape index (κ2) is 17.5. The summed E-state index contributed by atoms with van der Waals surface area (Å²) in [4.78, 5) is 24.5. The van der Waals surface area contributed by atoms with Crippen LogP contribution in [0.3, 0.4) is 0 Å². The Bertz CT molecular complexity index is 1830. The molecule has 4 aromatic rings. The number of aromatic nitrogens is 2. The van der Waals surface area contributed by atoms with E-state index in [2.05, 4.69) is 23.4 Å². The predicted octanol–water partition coefficient (Wildman–Crippen LogP) is 7.86. The Morgan fingerprint density at radius 2 is 1.57 bits per heavy atom. The minimum Gasteiger partial charge on any atom is -0.496 e. The number of alkyl halides is 4. The van der Waals surface area contributed by atoms with Crippen LogP contribution in [0.4, 0.5) is 17.6 Å². The van der Waals surface area contributed by atoms with Crippen molar-refractivity contribution in [3.63, 3.8) is 0 Å². The van der Waals surface area contributed by atoms with Gasteiger partial charge < -0.3 is 19.9 Å². The zero-order chi connectivity index (χ0) is 39.0. The average molecular weight is 743 g/mol. The number of piperidine rings is 1. The molecule has 3 aromatic carbocycles. The monoisotopic (exact) mass is 742 g/mol. The highest BCUT2D eigenvalue weighted by Crippen LogP contribution is 2.46. The van der Waals surface area contributed by atoms with E-state index in [1.54, 1.807) is 21.1 Å². The lowest BCUT2D eigenvalue weighted by molar-refractivity contribution is -0.168. The van der Waals surface area contributed by atoms with E-state index < -0.39 is 35.7 Å². The molecule has 1 amide bonds. The summed E-state index contributed by atoms with van der Waals surface area (Å²) in [6.45, 7) is 5.84. The fourth-order valence-electron chi connectivity index (χ4n) is 6.92. The van der Waals surface area contributed by atoms with Gasteiger partial charge in [0.15, 0.2) is 0 Å². The number of rotatable bonds is 14. The molecule has 0 unspecified atom stereocenters. The van der Waals surface area contributed by atoms with Crippen LogP contribution in [0.25, 0.3) is 21.9 Å². The summed E-state index contributed by atoms with van der Waals surface area (Å²) < 4.78 is 67.2. The highest BCUT2D eigenvalue weighted by molar-refractivity contribution is 6.01. The highest BCUT2D eigenvalue weighted by atomic mass is 19.3. The number of carboxylic acids is 1. The first kappa shape index (κ1) is 41.1. The lowest BCUT2D eigenvalue weighted by Gasteiger charge is -2.44. The molecule has 0 aliphatic carbocycles. The molecular weight excluding hydrogens is 692 g/mol. The Morgan fingerprint density at radius 1 is 0.943 bits per heavy atom. The zero-order valence-corrected chi connectivity index (χ0v) is 31.3. The van der Waals surface area contributed by atoms with Crippen LogP contribution in [0.5, 0.6) is 11.5 Å². The molecular formula is C40H50F4N4O5. The van der Waals surface area contributed by atoms with Crippen LogP contribution in [0, 0.1) is 5.41 Å². The van der Waals surface area contributed by atoms with Crippen molar-refractivity contribution in [2.75, 3.05) is 40.4 Å². The second-order valence-corrected chi connectivity index (χ2v) is 13.6. The minimum absolute atomic E-state index is 0.0734. The van der Waals surface area contributed by atoms with Crippen LogP contribution >= 0.6 is 0 Å². The Balaban J connectivity index is 0.000000269. The first-order valence-electron chi connectivity index (χ1n) is 17.8. The molecule has 0 saturated carbocycles. The van der Waals surface area contributed by atoms with Crippen molar-refractivity contribution in [2.45, 2.75) is 78.2 Å². The smallest absolute Gasteiger partial charge is 0.303 e. The summed E-state index contributed by atoms with van der Waals surface area (Å²) in [7, 11) is 3.32. The molecule has 5 rings (SSSR count). The summed E-state index contributed by atoms with van der Waals surface area (Å²) >= 11 is 0. The van der Waals surface area contributed by atoms with Gasteiger partial charge in [-0.25, -0.2) is 17.6 Å². The average Bonchev–Trinajstić information content (AvgIpc) is 3.57. The number of halogens is 4. The second-order valence-electron chi connectivity index (χ2n) is 13.6. The number of methoxy groups -OCH3 is 2. The number of nitrogens with one attached hydrogen (secondary N) is 1. The molecule has 9 nitrogen and oxygen atoms in total. The lowest BCUT2D eigenvalue weighted by Crippen LogP contribution is -2.57. The van der Waals surface area contributed by atoms with Crippen LogP contribution in [0.1, 0.15) is 63.8 Å². The van der Waals surface area contributed by atoms with Gasteiger partial charge in [-0.2, -0.15) is 5.10 Å². The Hall–Kier alpha value is -4.65. The molecule has 0 atom stereocenters. The van der Waals surface area contributed by atoms with E-state index in [0.717, 1.165) is 70.5 Å². The van der Waals surface area contributed by atoms with Crippen molar-refractivity contribution in [3.8, 4) is 22.6 Å². The maximum atomic E-state index is 13.9. The van der Waals surface area contributed by atoms with Crippen molar-refractivity contribution in [2.24, 2.45) is 5.41 Å². The molecule has 0 radical (unpaired) electrons. The van der Waals surface area contributed by atoms with Gasteiger partial charge in [0, 0.05) is 33.0 Å². The van der Waals surface area contributed by atoms with Crippen LogP contribution in [0.2, 0.25) is 0 Å². The molecule has 1 aliphatic heterocycles.